The highest BCUT2D eigenvalue weighted by atomic mass is 35.5. The van der Waals surface area contributed by atoms with E-state index in [0.717, 1.165) is 5.56 Å². The van der Waals surface area contributed by atoms with Gasteiger partial charge in [-0.05, 0) is 36.8 Å². The van der Waals surface area contributed by atoms with Crippen LogP contribution in [0.25, 0.3) is 0 Å². The number of furan rings is 1. The molecule has 2 aromatic rings. The van der Waals surface area contributed by atoms with Crippen LogP contribution in [0, 0.1) is 0 Å². The third-order valence-electron chi connectivity index (χ3n) is 3.34. The van der Waals surface area contributed by atoms with Crippen LogP contribution < -0.4 is 10.6 Å². The van der Waals surface area contributed by atoms with Gasteiger partial charge in [-0.2, -0.15) is 0 Å². The first kappa shape index (κ1) is 18.0. The quantitative estimate of drug-likeness (QED) is 0.691. The Bertz CT molecular complexity index is 681. The second-order valence-electron chi connectivity index (χ2n) is 5.74. The standard InChI is InChI=1S/C17H19ClN2O4/c1-17(23,9-14-3-2-8-24-14)11-20-16(22)15(21)19-10-12-4-6-13(18)7-5-12/h2-8,23H,9-11H2,1H3,(H,19,21)(H,20,22). The molecular formula is C17H19ClN2O4. The molecule has 128 valence electrons. The van der Waals surface area contributed by atoms with E-state index in [4.69, 9.17) is 16.0 Å². The van der Waals surface area contributed by atoms with Gasteiger partial charge >= 0.3 is 11.8 Å². The fraction of sp³-hybridized carbons (Fsp3) is 0.294. The summed E-state index contributed by atoms with van der Waals surface area (Å²) < 4.78 is 5.16. The lowest BCUT2D eigenvalue weighted by atomic mass is 10.0. The molecule has 2 rings (SSSR count). The number of hydrogen-bond acceptors (Lipinski definition) is 4. The predicted octanol–water partition coefficient (Wildman–Crippen LogP) is 1.66. The van der Waals surface area contributed by atoms with Crippen molar-refractivity contribution < 1.29 is 19.1 Å². The average molecular weight is 351 g/mol. The highest BCUT2D eigenvalue weighted by molar-refractivity contribution is 6.35. The third kappa shape index (κ3) is 5.72. The first-order chi connectivity index (χ1) is 11.4. The maximum atomic E-state index is 11.8. The van der Waals surface area contributed by atoms with Crippen molar-refractivity contribution in [3.05, 3.63) is 59.0 Å². The van der Waals surface area contributed by atoms with Gasteiger partial charge in [0.25, 0.3) is 0 Å². The molecule has 7 heteroatoms. The maximum Gasteiger partial charge on any atom is 0.309 e. The fourth-order valence-corrected chi connectivity index (χ4v) is 2.19. The zero-order valence-electron chi connectivity index (χ0n) is 13.2. The number of hydrogen-bond donors (Lipinski definition) is 3. The van der Waals surface area contributed by atoms with E-state index in [1.807, 2.05) is 0 Å². The summed E-state index contributed by atoms with van der Waals surface area (Å²) in [7, 11) is 0. The smallest absolute Gasteiger partial charge is 0.309 e. The van der Waals surface area contributed by atoms with E-state index < -0.39 is 17.4 Å². The monoisotopic (exact) mass is 350 g/mol. The summed E-state index contributed by atoms with van der Waals surface area (Å²) in [5, 5.41) is 15.8. The summed E-state index contributed by atoms with van der Waals surface area (Å²) in [6.45, 7) is 1.70. The van der Waals surface area contributed by atoms with Crippen molar-refractivity contribution in [1.29, 1.82) is 0 Å². The number of carbonyl (C=O) groups is 2. The fourth-order valence-electron chi connectivity index (χ4n) is 2.07. The van der Waals surface area contributed by atoms with Crippen LogP contribution in [0.4, 0.5) is 0 Å². The van der Waals surface area contributed by atoms with Crippen LogP contribution in [0.3, 0.4) is 0 Å². The maximum absolute atomic E-state index is 11.8. The number of halogens is 1. The van der Waals surface area contributed by atoms with Gasteiger partial charge in [-0.1, -0.05) is 23.7 Å². The second-order valence-corrected chi connectivity index (χ2v) is 6.18. The van der Waals surface area contributed by atoms with Gasteiger partial charge in [0.05, 0.1) is 11.9 Å². The van der Waals surface area contributed by atoms with E-state index in [-0.39, 0.29) is 19.5 Å². The van der Waals surface area contributed by atoms with Crippen molar-refractivity contribution in [3.63, 3.8) is 0 Å². The number of aliphatic hydroxyl groups is 1. The molecule has 24 heavy (non-hydrogen) atoms. The molecule has 2 amide bonds. The van der Waals surface area contributed by atoms with Gasteiger partial charge in [-0.3, -0.25) is 9.59 Å². The van der Waals surface area contributed by atoms with Crippen molar-refractivity contribution in [2.24, 2.45) is 0 Å². The zero-order valence-corrected chi connectivity index (χ0v) is 14.0. The molecular weight excluding hydrogens is 332 g/mol. The van der Waals surface area contributed by atoms with Crippen molar-refractivity contribution in [2.45, 2.75) is 25.5 Å². The van der Waals surface area contributed by atoms with Gasteiger partial charge in [0.1, 0.15) is 5.76 Å². The Morgan fingerprint density at radius 3 is 2.46 bits per heavy atom. The minimum atomic E-state index is -1.22. The van der Waals surface area contributed by atoms with Gasteiger partial charge in [0.15, 0.2) is 0 Å². The summed E-state index contributed by atoms with van der Waals surface area (Å²) in [5.41, 5.74) is -0.394. The summed E-state index contributed by atoms with van der Waals surface area (Å²) in [6.07, 6.45) is 1.74. The molecule has 0 aliphatic carbocycles. The number of carbonyl (C=O) groups excluding carboxylic acids is 2. The molecule has 1 aromatic carbocycles. The zero-order chi connectivity index (χ0) is 17.6. The van der Waals surface area contributed by atoms with E-state index >= 15 is 0 Å². The highest BCUT2D eigenvalue weighted by Gasteiger charge is 2.24. The molecule has 6 nitrogen and oxygen atoms in total. The Morgan fingerprint density at radius 2 is 1.83 bits per heavy atom. The molecule has 1 atom stereocenters. The molecule has 1 unspecified atom stereocenters. The first-order valence-electron chi connectivity index (χ1n) is 7.41. The topological polar surface area (TPSA) is 91.6 Å². The second kappa shape index (κ2) is 7.99. The molecule has 0 saturated carbocycles. The predicted molar refractivity (Wildman–Crippen MR) is 89.3 cm³/mol. The number of benzene rings is 1. The van der Waals surface area contributed by atoms with E-state index in [2.05, 4.69) is 10.6 Å². The Morgan fingerprint density at radius 1 is 1.17 bits per heavy atom. The van der Waals surface area contributed by atoms with Crippen LogP contribution in [0.5, 0.6) is 0 Å². The summed E-state index contributed by atoms with van der Waals surface area (Å²) in [6, 6.07) is 10.4. The SMILES string of the molecule is CC(O)(CNC(=O)C(=O)NCc1ccc(Cl)cc1)Cc1ccco1. The first-order valence-corrected chi connectivity index (χ1v) is 7.79. The van der Waals surface area contributed by atoms with E-state index in [1.54, 1.807) is 43.3 Å². The summed E-state index contributed by atoms with van der Waals surface area (Å²) in [4.78, 5) is 23.6. The Balaban J connectivity index is 1.76. The van der Waals surface area contributed by atoms with Gasteiger partial charge in [-0.25, -0.2) is 0 Å². The van der Waals surface area contributed by atoms with Crippen molar-refractivity contribution in [1.82, 2.24) is 10.6 Å². The molecule has 0 spiro atoms. The minimum Gasteiger partial charge on any atom is -0.469 e. The van der Waals surface area contributed by atoms with Crippen LogP contribution in [-0.4, -0.2) is 29.1 Å². The normalized spacial score (nSPS) is 13.1. The number of nitrogens with one attached hydrogen (secondary N) is 2. The Hall–Kier alpha value is -2.31. The highest BCUT2D eigenvalue weighted by Crippen LogP contribution is 2.12. The molecule has 0 bridgehead atoms. The van der Waals surface area contributed by atoms with Gasteiger partial charge in [0, 0.05) is 24.5 Å². The number of rotatable bonds is 6. The molecule has 3 N–H and O–H groups in total. The molecule has 0 radical (unpaired) electrons. The van der Waals surface area contributed by atoms with Crippen LogP contribution in [0.1, 0.15) is 18.2 Å². The lowest BCUT2D eigenvalue weighted by Gasteiger charge is -2.22. The molecule has 1 heterocycles. The lowest BCUT2D eigenvalue weighted by molar-refractivity contribution is -0.139. The van der Waals surface area contributed by atoms with Crippen LogP contribution in [-0.2, 0) is 22.6 Å². The van der Waals surface area contributed by atoms with E-state index in [1.165, 1.54) is 6.26 Å². The average Bonchev–Trinajstić information content (AvgIpc) is 3.04. The van der Waals surface area contributed by atoms with Crippen LogP contribution in [0.2, 0.25) is 5.02 Å². The van der Waals surface area contributed by atoms with Crippen molar-refractivity contribution in [3.8, 4) is 0 Å². The number of amides is 2. The largest absolute Gasteiger partial charge is 0.469 e. The molecule has 0 aliphatic heterocycles. The van der Waals surface area contributed by atoms with Crippen molar-refractivity contribution in [2.75, 3.05) is 6.54 Å². The van der Waals surface area contributed by atoms with Crippen LogP contribution >= 0.6 is 11.6 Å². The van der Waals surface area contributed by atoms with Gasteiger partial charge in [-0.15, -0.1) is 0 Å². The van der Waals surface area contributed by atoms with Crippen molar-refractivity contribution >= 4 is 23.4 Å². The molecule has 0 saturated heterocycles. The third-order valence-corrected chi connectivity index (χ3v) is 3.59. The molecule has 0 fully saturated rings. The minimum absolute atomic E-state index is 0.0686. The summed E-state index contributed by atoms with van der Waals surface area (Å²) in [5.74, 6) is -0.969. The van der Waals surface area contributed by atoms with E-state index in [9.17, 15) is 14.7 Å². The van der Waals surface area contributed by atoms with Gasteiger partial charge in [0.2, 0.25) is 0 Å². The van der Waals surface area contributed by atoms with Gasteiger partial charge < -0.3 is 20.2 Å². The Labute approximate surface area is 144 Å². The van der Waals surface area contributed by atoms with E-state index in [0.29, 0.717) is 10.8 Å². The summed E-state index contributed by atoms with van der Waals surface area (Å²) >= 11 is 5.78. The molecule has 1 aromatic heterocycles. The molecule has 0 aliphatic rings. The lowest BCUT2D eigenvalue weighted by Crippen LogP contribution is -2.47. The Kier molecular flexibility index (Phi) is 6.00. The van der Waals surface area contributed by atoms with Crippen LogP contribution in [0.15, 0.2) is 47.1 Å².